The molecule has 0 bridgehead atoms. The summed E-state index contributed by atoms with van der Waals surface area (Å²) >= 11 is 0. The summed E-state index contributed by atoms with van der Waals surface area (Å²) in [5, 5.41) is 3.67. The topological polar surface area (TPSA) is 38.0 Å². The van der Waals surface area contributed by atoms with E-state index in [2.05, 4.69) is 19.2 Å². The fourth-order valence-corrected chi connectivity index (χ4v) is 2.28. The molecule has 78 valence electrons. The van der Waals surface area contributed by atoms with E-state index in [1.807, 2.05) is 0 Å². The fourth-order valence-electron chi connectivity index (χ4n) is 2.28. The average molecular weight is 184 g/mol. The standard InChI is InChI=1S/C11H24N2/c1-3-4-5-11-10(8-12)7-6-9(2)13-11/h9-11,13H,3-8,12H2,1-2H3. The summed E-state index contributed by atoms with van der Waals surface area (Å²) in [5.41, 5.74) is 5.77. The molecule has 3 atom stereocenters. The molecule has 0 amide bonds. The van der Waals surface area contributed by atoms with Crippen LogP contribution in [0.25, 0.3) is 0 Å². The van der Waals surface area contributed by atoms with Gasteiger partial charge in [-0.25, -0.2) is 0 Å². The van der Waals surface area contributed by atoms with Crippen LogP contribution in [0.2, 0.25) is 0 Å². The minimum absolute atomic E-state index is 0.689. The Labute approximate surface area is 82.3 Å². The maximum atomic E-state index is 5.77. The summed E-state index contributed by atoms with van der Waals surface area (Å²) in [4.78, 5) is 0. The lowest BCUT2D eigenvalue weighted by molar-refractivity contribution is 0.230. The highest BCUT2D eigenvalue weighted by Crippen LogP contribution is 2.22. The van der Waals surface area contributed by atoms with Gasteiger partial charge in [0.25, 0.3) is 0 Å². The summed E-state index contributed by atoms with van der Waals surface area (Å²) in [6, 6.07) is 1.39. The lowest BCUT2D eigenvalue weighted by Crippen LogP contribution is -2.48. The van der Waals surface area contributed by atoms with E-state index in [1.165, 1.54) is 32.1 Å². The van der Waals surface area contributed by atoms with Crippen LogP contribution in [0.1, 0.15) is 46.0 Å². The van der Waals surface area contributed by atoms with Crippen molar-refractivity contribution in [3.63, 3.8) is 0 Å². The predicted molar refractivity (Wildman–Crippen MR) is 57.7 cm³/mol. The van der Waals surface area contributed by atoms with Crippen LogP contribution in [0.15, 0.2) is 0 Å². The lowest BCUT2D eigenvalue weighted by atomic mass is 9.85. The van der Waals surface area contributed by atoms with Crippen LogP contribution >= 0.6 is 0 Å². The Hall–Kier alpha value is -0.0800. The van der Waals surface area contributed by atoms with Crippen LogP contribution in [-0.2, 0) is 0 Å². The quantitative estimate of drug-likeness (QED) is 0.700. The van der Waals surface area contributed by atoms with Crippen LogP contribution in [0, 0.1) is 5.92 Å². The molecule has 3 N–H and O–H groups in total. The van der Waals surface area contributed by atoms with Crippen LogP contribution in [0.4, 0.5) is 0 Å². The number of nitrogens with one attached hydrogen (secondary N) is 1. The van der Waals surface area contributed by atoms with Crippen molar-refractivity contribution in [1.82, 2.24) is 5.32 Å². The molecular weight excluding hydrogens is 160 g/mol. The molecule has 13 heavy (non-hydrogen) atoms. The highest BCUT2D eigenvalue weighted by molar-refractivity contribution is 4.85. The van der Waals surface area contributed by atoms with E-state index in [0.29, 0.717) is 12.1 Å². The van der Waals surface area contributed by atoms with Gasteiger partial charge in [0.2, 0.25) is 0 Å². The van der Waals surface area contributed by atoms with E-state index in [1.54, 1.807) is 0 Å². The van der Waals surface area contributed by atoms with E-state index in [4.69, 9.17) is 5.73 Å². The maximum absolute atomic E-state index is 5.77. The van der Waals surface area contributed by atoms with E-state index >= 15 is 0 Å². The molecule has 0 aliphatic carbocycles. The van der Waals surface area contributed by atoms with Crippen molar-refractivity contribution in [2.45, 2.75) is 58.0 Å². The minimum atomic E-state index is 0.689. The third-order valence-corrected chi connectivity index (χ3v) is 3.21. The van der Waals surface area contributed by atoms with Crippen molar-refractivity contribution in [3.8, 4) is 0 Å². The number of piperidine rings is 1. The second-order valence-electron chi connectivity index (χ2n) is 4.39. The third kappa shape index (κ3) is 3.28. The number of hydrogen-bond acceptors (Lipinski definition) is 2. The summed E-state index contributed by atoms with van der Waals surface area (Å²) in [6.07, 6.45) is 6.55. The average Bonchev–Trinajstić information content (AvgIpc) is 2.15. The SMILES string of the molecule is CCCCC1NC(C)CCC1CN. The van der Waals surface area contributed by atoms with E-state index in [9.17, 15) is 0 Å². The van der Waals surface area contributed by atoms with Crippen molar-refractivity contribution < 1.29 is 0 Å². The van der Waals surface area contributed by atoms with Gasteiger partial charge in [0, 0.05) is 12.1 Å². The van der Waals surface area contributed by atoms with Gasteiger partial charge in [0.1, 0.15) is 0 Å². The molecule has 3 unspecified atom stereocenters. The smallest absolute Gasteiger partial charge is 0.0110 e. The van der Waals surface area contributed by atoms with Gasteiger partial charge < -0.3 is 11.1 Å². The van der Waals surface area contributed by atoms with Gasteiger partial charge in [0.15, 0.2) is 0 Å². The number of hydrogen-bond donors (Lipinski definition) is 2. The molecule has 1 fully saturated rings. The van der Waals surface area contributed by atoms with Gasteiger partial charge in [-0.2, -0.15) is 0 Å². The molecule has 1 aliphatic heterocycles. The second kappa shape index (κ2) is 5.61. The van der Waals surface area contributed by atoms with Crippen LogP contribution < -0.4 is 11.1 Å². The van der Waals surface area contributed by atoms with Crippen molar-refractivity contribution >= 4 is 0 Å². The third-order valence-electron chi connectivity index (χ3n) is 3.21. The number of unbranched alkanes of at least 4 members (excludes halogenated alkanes) is 1. The number of nitrogens with two attached hydrogens (primary N) is 1. The summed E-state index contributed by atoms with van der Waals surface area (Å²) < 4.78 is 0. The molecule has 1 aliphatic rings. The molecule has 0 radical (unpaired) electrons. The molecule has 2 heteroatoms. The highest BCUT2D eigenvalue weighted by atomic mass is 15.0. The molecule has 1 heterocycles. The molecular formula is C11H24N2. The van der Waals surface area contributed by atoms with Gasteiger partial charge >= 0.3 is 0 Å². The summed E-state index contributed by atoms with van der Waals surface area (Å²) in [7, 11) is 0. The molecule has 0 spiro atoms. The molecule has 0 aromatic heterocycles. The largest absolute Gasteiger partial charge is 0.330 e. The van der Waals surface area contributed by atoms with Gasteiger partial charge in [-0.3, -0.25) is 0 Å². The van der Waals surface area contributed by atoms with Gasteiger partial charge in [-0.15, -0.1) is 0 Å². The van der Waals surface area contributed by atoms with Crippen molar-refractivity contribution in [2.75, 3.05) is 6.54 Å². The molecule has 0 aromatic rings. The normalized spacial score (nSPS) is 34.8. The Balaban J connectivity index is 2.35. The van der Waals surface area contributed by atoms with Crippen LogP contribution in [0.5, 0.6) is 0 Å². The predicted octanol–water partition coefficient (Wildman–Crippen LogP) is 1.89. The molecule has 1 rings (SSSR count). The zero-order valence-corrected chi connectivity index (χ0v) is 9.05. The first kappa shape index (κ1) is 11.0. The van der Waals surface area contributed by atoms with Gasteiger partial charge in [-0.05, 0) is 38.6 Å². The van der Waals surface area contributed by atoms with Crippen molar-refractivity contribution in [3.05, 3.63) is 0 Å². The summed E-state index contributed by atoms with van der Waals surface area (Å²) in [6.45, 7) is 5.39. The first-order valence-corrected chi connectivity index (χ1v) is 5.74. The second-order valence-corrected chi connectivity index (χ2v) is 4.39. The first-order valence-electron chi connectivity index (χ1n) is 5.74. The van der Waals surface area contributed by atoms with Gasteiger partial charge in [-0.1, -0.05) is 19.8 Å². The minimum Gasteiger partial charge on any atom is -0.330 e. The lowest BCUT2D eigenvalue weighted by Gasteiger charge is -2.35. The molecule has 1 saturated heterocycles. The number of rotatable bonds is 4. The molecule has 2 nitrogen and oxygen atoms in total. The van der Waals surface area contributed by atoms with E-state index in [-0.39, 0.29) is 0 Å². The van der Waals surface area contributed by atoms with Crippen LogP contribution in [-0.4, -0.2) is 18.6 Å². The zero-order valence-electron chi connectivity index (χ0n) is 9.05. The Morgan fingerprint density at radius 2 is 2.15 bits per heavy atom. The maximum Gasteiger partial charge on any atom is 0.0110 e. The zero-order chi connectivity index (χ0) is 9.68. The Bertz CT molecular complexity index is 136. The van der Waals surface area contributed by atoms with Crippen molar-refractivity contribution in [1.29, 1.82) is 0 Å². The Morgan fingerprint density at radius 1 is 1.38 bits per heavy atom. The Morgan fingerprint density at radius 3 is 2.77 bits per heavy atom. The summed E-state index contributed by atoms with van der Waals surface area (Å²) in [5.74, 6) is 0.725. The molecule has 0 saturated carbocycles. The molecule has 0 aromatic carbocycles. The Kier molecular flexibility index (Phi) is 4.74. The van der Waals surface area contributed by atoms with Crippen LogP contribution in [0.3, 0.4) is 0 Å². The van der Waals surface area contributed by atoms with Crippen molar-refractivity contribution in [2.24, 2.45) is 11.7 Å². The fraction of sp³-hybridized carbons (Fsp3) is 1.00. The highest BCUT2D eigenvalue weighted by Gasteiger charge is 2.25. The van der Waals surface area contributed by atoms with Gasteiger partial charge in [0.05, 0.1) is 0 Å². The van der Waals surface area contributed by atoms with E-state index < -0.39 is 0 Å². The first-order chi connectivity index (χ1) is 6.27. The monoisotopic (exact) mass is 184 g/mol. The van der Waals surface area contributed by atoms with E-state index in [0.717, 1.165) is 12.5 Å².